The van der Waals surface area contributed by atoms with Gasteiger partial charge in [0.2, 0.25) is 10.0 Å². The molecule has 0 aromatic rings. The van der Waals surface area contributed by atoms with Crippen LogP contribution >= 0.6 is 0 Å². The number of piperidine rings is 1. The van der Waals surface area contributed by atoms with Gasteiger partial charge in [0.15, 0.2) is 0 Å². The highest BCUT2D eigenvalue weighted by atomic mass is 32.2. The third kappa shape index (κ3) is 1.82. The molecule has 2 atom stereocenters. The molecule has 18 heavy (non-hydrogen) atoms. The van der Waals surface area contributed by atoms with Crippen molar-refractivity contribution >= 4 is 10.0 Å². The van der Waals surface area contributed by atoms with Crippen LogP contribution in [0.5, 0.6) is 0 Å². The molecule has 0 N–H and O–H groups in total. The first kappa shape index (κ1) is 11.7. The normalized spacial score (nSPS) is 43.6. The molecule has 4 rings (SSSR count). The van der Waals surface area contributed by atoms with Gasteiger partial charge in [-0.05, 0) is 43.9 Å². The van der Waals surface area contributed by atoms with E-state index in [1.54, 1.807) is 4.31 Å². The summed E-state index contributed by atoms with van der Waals surface area (Å²) in [4.78, 5) is 2.47. The van der Waals surface area contributed by atoms with E-state index in [1.807, 2.05) is 0 Å². The minimum Gasteiger partial charge on any atom is -0.296 e. The van der Waals surface area contributed by atoms with E-state index in [0.29, 0.717) is 29.7 Å². The van der Waals surface area contributed by atoms with Gasteiger partial charge in [0.05, 0.1) is 5.75 Å². The second-order valence-corrected chi connectivity index (χ2v) is 8.68. The molecular formula is C13H22N2O2S. The van der Waals surface area contributed by atoms with Crippen LogP contribution in [0.2, 0.25) is 0 Å². The maximum Gasteiger partial charge on any atom is 0.215 e. The van der Waals surface area contributed by atoms with Crippen molar-refractivity contribution in [1.82, 2.24) is 9.21 Å². The van der Waals surface area contributed by atoms with Crippen molar-refractivity contribution in [3.63, 3.8) is 0 Å². The monoisotopic (exact) mass is 270 g/mol. The SMILES string of the molecule is O=S(=O)(CCN1C2CCC1CC2)N1C[C@H]2C[C@H]2C1. The van der Waals surface area contributed by atoms with Gasteiger partial charge in [-0.25, -0.2) is 12.7 Å². The highest BCUT2D eigenvalue weighted by Crippen LogP contribution is 2.46. The number of hydrogen-bond acceptors (Lipinski definition) is 3. The molecule has 5 heteroatoms. The summed E-state index contributed by atoms with van der Waals surface area (Å²) in [6.07, 6.45) is 6.43. The van der Waals surface area contributed by atoms with Crippen molar-refractivity contribution in [2.45, 2.75) is 44.2 Å². The summed E-state index contributed by atoms with van der Waals surface area (Å²) in [6, 6.07) is 1.38. The predicted molar refractivity (Wildman–Crippen MR) is 69.7 cm³/mol. The Morgan fingerprint density at radius 1 is 0.944 bits per heavy atom. The Balaban J connectivity index is 1.36. The van der Waals surface area contributed by atoms with Crippen molar-refractivity contribution in [3.8, 4) is 0 Å². The zero-order chi connectivity index (χ0) is 12.3. The first-order valence-electron chi connectivity index (χ1n) is 7.37. The Morgan fingerprint density at radius 3 is 2.06 bits per heavy atom. The van der Waals surface area contributed by atoms with Gasteiger partial charge in [0, 0.05) is 31.7 Å². The number of rotatable bonds is 4. The van der Waals surface area contributed by atoms with Gasteiger partial charge in [0.1, 0.15) is 0 Å². The summed E-state index contributed by atoms with van der Waals surface area (Å²) < 4.78 is 26.3. The Morgan fingerprint density at radius 2 is 1.50 bits per heavy atom. The van der Waals surface area contributed by atoms with E-state index in [-0.39, 0.29) is 0 Å². The van der Waals surface area contributed by atoms with Gasteiger partial charge >= 0.3 is 0 Å². The number of nitrogens with zero attached hydrogens (tertiary/aromatic N) is 2. The summed E-state index contributed by atoms with van der Waals surface area (Å²) in [7, 11) is -2.98. The van der Waals surface area contributed by atoms with Gasteiger partial charge in [0.25, 0.3) is 0 Å². The predicted octanol–water partition coefficient (Wildman–Crippen LogP) is 0.895. The summed E-state index contributed by atoms with van der Waals surface area (Å²) in [5.74, 6) is 1.74. The maximum atomic E-state index is 12.3. The van der Waals surface area contributed by atoms with Crippen LogP contribution < -0.4 is 0 Å². The maximum absolute atomic E-state index is 12.3. The lowest BCUT2D eigenvalue weighted by atomic mass is 10.0. The standard InChI is InChI=1S/C13H22N2O2S/c16-18(17,14-8-10-7-11(10)9-14)6-5-15-12-1-2-13(15)4-3-12/h10-13H,1-9H2/t10-,11+,12?,13?. The van der Waals surface area contributed by atoms with Crippen molar-refractivity contribution in [3.05, 3.63) is 0 Å². The highest BCUT2D eigenvalue weighted by molar-refractivity contribution is 7.89. The first-order valence-corrected chi connectivity index (χ1v) is 8.98. The second kappa shape index (κ2) is 3.93. The van der Waals surface area contributed by atoms with E-state index in [4.69, 9.17) is 0 Å². The fraction of sp³-hybridized carbons (Fsp3) is 1.00. The molecule has 0 spiro atoms. The van der Waals surface area contributed by atoms with Crippen LogP contribution in [0, 0.1) is 11.8 Å². The van der Waals surface area contributed by atoms with Crippen molar-refractivity contribution in [2.24, 2.45) is 11.8 Å². The molecular weight excluding hydrogens is 248 g/mol. The van der Waals surface area contributed by atoms with Crippen molar-refractivity contribution in [1.29, 1.82) is 0 Å². The fourth-order valence-corrected chi connectivity index (χ4v) is 5.85. The zero-order valence-electron chi connectivity index (χ0n) is 10.8. The third-order valence-electron chi connectivity index (χ3n) is 5.55. The van der Waals surface area contributed by atoms with Crippen molar-refractivity contribution in [2.75, 3.05) is 25.4 Å². The van der Waals surface area contributed by atoms with E-state index >= 15 is 0 Å². The highest BCUT2D eigenvalue weighted by Gasteiger charge is 2.48. The molecule has 0 aromatic carbocycles. The molecule has 0 radical (unpaired) electrons. The van der Waals surface area contributed by atoms with Crippen LogP contribution in [0.3, 0.4) is 0 Å². The molecule has 102 valence electrons. The average Bonchev–Trinajstić information content (AvgIpc) is 2.77. The third-order valence-corrected chi connectivity index (χ3v) is 7.33. The molecule has 3 heterocycles. The Hall–Kier alpha value is -0.130. The molecule has 2 bridgehead atoms. The van der Waals surface area contributed by atoms with Crippen LogP contribution in [0.15, 0.2) is 0 Å². The van der Waals surface area contributed by atoms with Crippen LogP contribution in [-0.2, 0) is 10.0 Å². The molecule has 0 unspecified atom stereocenters. The van der Waals surface area contributed by atoms with Gasteiger partial charge in [-0.15, -0.1) is 0 Å². The molecule has 3 saturated heterocycles. The summed E-state index contributed by atoms with van der Waals surface area (Å²) in [6.45, 7) is 2.38. The molecule has 1 saturated carbocycles. The molecule has 4 aliphatic rings. The Labute approximate surface area is 109 Å². The lowest BCUT2D eigenvalue weighted by molar-refractivity contribution is 0.266. The summed E-state index contributed by atoms with van der Waals surface area (Å²) >= 11 is 0. The molecule has 0 amide bonds. The van der Waals surface area contributed by atoms with Crippen LogP contribution in [0.4, 0.5) is 0 Å². The largest absolute Gasteiger partial charge is 0.296 e. The van der Waals surface area contributed by atoms with E-state index < -0.39 is 10.0 Å². The van der Waals surface area contributed by atoms with Crippen LogP contribution in [-0.4, -0.2) is 55.1 Å². The van der Waals surface area contributed by atoms with E-state index in [0.717, 1.165) is 19.6 Å². The number of sulfonamides is 1. The molecule has 1 aliphatic carbocycles. The zero-order valence-corrected chi connectivity index (χ0v) is 11.6. The quantitative estimate of drug-likeness (QED) is 0.762. The minimum atomic E-state index is -2.98. The second-order valence-electron chi connectivity index (χ2n) is 6.59. The topological polar surface area (TPSA) is 40.6 Å². The smallest absolute Gasteiger partial charge is 0.215 e. The molecule has 0 aromatic heterocycles. The average molecular weight is 270 g/mol. The Bertz CT molecular complexity index is 420. The lowest BCUT2D eigenvalue weighted by Gasteiger charge is -2.24. The van der Waals surface area contributed by atoms with Gasteiger partial charge in [-0.3, -0.25) is 4.90 Å². The Kier molecular flexibility index (Phi) is 2.55. The summed E-state index contributed by atoms with van der Waals surface area (Å²) in [5, 5.41) is 0. The van der Waals surface area contributed by atoms with E-state index in [9.17, 15) is 8.42 Å². The number of fused-ring (bicyclic) bond motifs is 3. The van der Waals surface area contributed by atoms with Gasteiger partial charge in [-0.1, -0.05) is 0 Å². The fourth-order valence-electron chi connectivity index (χ4n) is 4.32. The lowest BCUT2D eigenvalue weighted by Crippen LogP contribution is -2.39. The minimum absolute atomic E-state index is 0.347. The van der Waals surface area contributed by atoms with Crippen LogP contribution in [0.25, 0.3) is 0 Å². The first-order chi connectivity index (χ1) is 8.63. The molecule has 4 fully saturated rings. The molecule has 4 nitrogen and oxygen atoms in total. The molecule has 3 aliphatic heterocycles. The van der Waals surface area contributed by atoms with Crippen molar-refractivity contribution < 1.29 is 8.42 Å². The van der Waals surface area contributed by atoms with Gasteiger partial charge in [-0.2, -0.15) is 0 Å². The summed E-state index contributed by atoms with van der Waals surface area (Å²) in [5.41, 5.74) is 0. The number of hydrogen-bond donors (Lipinski definition) is 0. The van der Waals surface area contributed by atoms with E-state index in [2.05, 4.69) is 4.90 Å². The van der Waals surface area contributed by atoms with Gasteiger partial charge < -0.3 is 0 Å². The van der Waals surface area contributed by atoms with Crippen LogP contribution in [0.1, 0.15) is 32.1 Å². The van der Waals surface area contributed by atoms with E-state index in [1.165, 1.54) is 32.1 Å².